The zero-order valence-electron chi connectivity index (χ0n) is 14.3. The average Bonchev–Trinajstić information content (AvgIpc) is 3.04. The third kappa shape index (κ3) is 4.53. The van der Waals surface area contributed by atoms with Crippen LogP contribution in [0.25, 0.3) is 11.3 Å². The molecule has 2 aromatic carbocycles. The van der Waals surface area contributed by atoms with Crippen molar-refractivity contribution >= 4 is 35.5 Å². The van der Waals surface area contributed by atoms with Gasteiger partial charge in [0.15, 0.2) is 0 Å². The number of nitrogens with zero attached hydrogens (tertiary/aromatic N) is 2. The lowest BCUT2D eigenvalue weighted by molar-refractivity contribution is 0.112. The Labute approximate surface area is 163 Å². The lowest BCUT2D eigenvalue weighted by Crippen LogP contribution is -2.23. The van der Waals surface area contributed by atoms with Gasteiger partial charge in [-0.15, -0.1) is 11.3 Å². The molecule has 0 aliphatic rings. The number of hydrogen-bond acceptors (Lipinski definition) is 5. The highest BCUT2D eigenvalue weighted by Gasteiger charge is 2.19. The Morgan fingerprint density at radius 2 is 2.07 bits per heavy atom. The van der Waals surface area contributed by atoms with Crippen molar-refractivity contribution in [3.63, 3.8) is 0 Å². The van der Waals surface area contributed by atoms with Crippen molar-refractivity contribution in [2.24, 2.45) is 0 Å². The molecule has 1 amide bonds. The second kappa shape index (κ2) is 8.32. The van der Waals surface area contributed by atoms with Gasteiger partial charge < -0.3 is 10.0 Å². The fourth-order valence-electron chi connectivity index (χ4n) is 2.34. The lowest BCUT2D eigenvalue weighted by Gasteiger charge is -2.09. The SMILES string of the molecule is CN(Cc1nc(-c2ccccc2F)c(Sc2cccc(C=O)c2)s1)C(=O)O. The van der Waals surface area contributed by atoms with E-state index in [4.69, 9.17) is 5.11 Å². The highest BCUT2D eigenvalue weighted by Crippen LogP contribution is 2.41. The van der Waals surface area contributed by atoms with Crippen LogP contribution in [0.15, 0.2) is 57.6 Å². The van der Waals surface area contributed by atoms with Gasteiger partial charge in [-0.3, -0.25) is 4.79 Å². The fraction of sp³-hybridized carbons (Fsp3) is 0.105. The Hall–Kier alpha value is -2.71. The molecule has 0 saturated carbocycles. The van der Waals surface area contributed by atoms with Crippen LogP contribution in [0.4, 0.5) is 9.18 Å². The number of rotatable bonds is 6. The zero-order chi connectivity index (χ0) is 19.4. The monoisotopic (exact) mass is 402 g/mol. The van der Waals surface area contributed by atoms with Crippen molar-refractivity contribution in [3.8, 4) is 11.3 Å². The quantitative estimate of drug-likeness (QED) is 0.586. The summed E-state index contributed by atoms with van der Waals surface area (Å²) in [5.41, 5.74) is 1.36. The van der Waals surface area contributed by atoms with E-state index in [1.807, 2.05) is 6.07 Å². The van der Waals surface area contributed by atoms with Crippen LogP contribution in [0, 0.1) is 5.82 Å². The molecular formula is C19H15FN2O3S2. The third-order valence-electron chi connectivity index (χ3n) is 3.67. The van der Waals surface area contributed by atoms with E-state index in [1.165, 1.54) is 36.2 Å². The van der Waals surface area contributed by atoms with Crippen LogP contribution in [-0.4, -0.2) is 34.4 Å². The van der Waals surface area contributed by atoms with Gasteiger partial charge in [0.25, 0.3) is 0 Å². The van der Waals surface area contributed by atoms with Crippen LogP contribution < -0.4 is 0 Å². The number of benzene rings is 2. The first-order valence-electron chi connectivity index (χ1n) is 7.89. The molecule has 1 heterocycles. The average molecular weight is 402 g/mol. The molecule has 0 saturated heterocycles. The Morgan fingerprint density at radius 3 is 2.78 bits per heavy atom. The van der Waals surface area contributed by atoms with Gasteiger partial charge in [-0.25, -0.2) is 14.2 Å². The van der Waals surface area contributed by atoms with Crippen molar-refractivity contribution in [1.82, 2.24) is 9.88 Å². The number of hydrogen-bond donors (Lipinski definition) is 1. The lowest BCUT2D eigenvalue weighted by atomic mass is 10.1. The van der Waals surface area contributed by atoms with Gasteiger partial charge in [0.1, 0.15) is 17.1 Å². The fourth-order valence-corrected chi connectivity index (χ4v) is 4.75. The largest absolute Gasteiger partial charge is 0.465 e. The topological polar surface area (TPSA) is 70.5 Å². The number of carbonyl (C=O) groups excluding carboxylic acids is 1. The standard InChI is InChI=1S/C19H15FN2O3S2/c1-22(19(24)25)10-16-21-17(14-7-2-3-8-15(14)20)18(27-16)26-13-6-4-5-12(9-13)11-23/h2-9,11H,10H2,1H3,(H,24,25). The number of aromatic nitrogens is 1. The van der Waals surface area contributed by atoms with Crippen LogP contribution in [0.1, 0.15) is 15.4 Å². The summed E-state index contributed by atoms with van der Waals surface area (Å²) in [6, 6.07) is 13.4. The number of amides is 1. The summed E-state index contributed by atoms with van der Waals surface area (Å²) in [5, 5.41) is 9.64. The Balaban J connectivity index is 2.01. The predicted octanol–water partition coefficient (Wildman–Crippen LogP) is 5.02. The Bertz CT molecular complexity index is 991. The van der Waals surface area contributed by atoms with Gasteiger partial charge in [-0.1, -0.05) is 36.0 Å². The van der Waals surface area contributed by atoms with Gasteiger partial charge in [0, 0.05) is 23.1 Å². The molecular weight excluding hydrogens is 387 g/mol. The van der Waals surface area contributed by atoms with Crippen LogP contribution in [0.3, 0.4) is 0 Å². The first kappa shape index (κ1) is 19.1. The smallest absolute Gasteiger partial charge is 0.407 e. The van der Waals surface area contributed by atoms with Gasteiger partial charge in [0.05, 0.1) is 16.4 Å². The predicted molar refractivity (Wildman–Crippen MR) is 103 cm³/mol. The number of halogens is 1. The molecule has 3 aromatic rings. The van der Waals surface area contributed by atoms with Crippen LogP contribution in [0.5, 0.6) is 0 Å². The summed E-state index contributed by atoms with van der Waals surface area (Å²) < 4.78 is 15.1. The van der Waals surface area contributed by atoms with E-state index >= 15 is 0 Å². The molecule has 0 aliphatic heterocycles. The van der Waals surface area contributed by atoms with Crippen molar-refractivity contribution in [2.45, 2.75) is 15.6 Å². The number of carboxylic acid groups (broad SMARTS) is 1. The molecule has 0 atom stereocenters. The first-order chi connectivity index (χ1) is 13.0. The van der Waals surface area contributed by atoms with E-state index < -0.39 is 11.9 Å². The summed E-state index contributed by atoms with van der Waals surface area (Å²) in [5.74, 6) is -0.399. The molecule has 8 heteroatoms. The Kier molecular flexibility index (Phi) is 5.88. The molecule has 0 unspecified atom stereocenters. The van der Waals surface area contributed by atoms with Crippen LogP contribution in [0.2, 0.25) is 0 Å². The van der Waals surface area contributed by atoms with E-state index in [0.29, 0.717) is 21.8 Å². The summed E-state index contributed by atoms with van der Waals surface area (Å²) in [4.78, 5) is 28.5. The minimum absolute atomic E-state index is 0.108. The second-order valence-corrected chi connectivity index (χ2v) is 8.08. The summed E-state index contributed by atoms with van der Waals surface area (Å²) >= 11 is 2.68. The molecule has 0 radical (unpaired) electrons. The van der Waals surface area contributed by atoms with Gasteiger partial charge in [-0.05, 0) is 24.3 Å². The van der Waals surface area contributed by atoms with E-state index in [0.717, 1.165) is 20.3 Å². The molecule has 1 aromatic heterocycles. The third-order valence-corrected chi connectivity index (χ3v) is 5.88. The molecule has 27 heavy (non-hydrogen) atoms. The van der Waals surface area contributed by atoms with Crippen molar-refractivity contribution in [3.05, 3.63) is 64.9 Å². The van der Waals surface area contributed by atoms with Gasteiger partial charge >= 0.3 is 6.09 Å². The van der Waals surface area contributed by atoms with Gasteiger partial charge in [0.2, 0.25) is 0 Å². The van der Waals surface area contributed by atoms with E-state index in [9.17, 15) is 14.0 Å². The molecule has 0 aliphatic carbocycles. The maximum atomic E-state index is 14.3. The normalized spacial score (nSPS) is 10.6. The van der Waals surface area contributed by atoms with E-state index in [-0.39, 0.29) is 6.54 Å². The zero-order valence-corrected chi connectivity index (χ0v) is 15.9. The second-order valence-electron chi connectivity index (χ2n) is 5.65. The number of carbonyl (C=O) groups is 2. The van der Waals surface area contributed by atoms with Gasteiger partial charge in [-0.2, -0.15) is 0 Å². The maximum absolute atomic E-state index is 14.3. The van der Waals surface area contributed by atoms with Crippen molar-refractivity contribution < 1.29 is 19.1 Å². The molecule has 0 fully saturated rings. The summed E-state index contributed by atoms with van der Waals surface area (Å²) in [6.07, 6.45) is -0.299. The first-order valence-corrected chi connectivity index (χ1v) is 9.53. The molecule has 1 N–H and O–H groups in total. The molecule has 5 nitrogen and oxygen atoms in total. The molecule has 0 spiro atoms. The molecule has 0 bridgehead atoms. The van der Waals surface area contributed by atoms with E-state index in [1.54, 1.807) is 36.4 Å². The highest BCUT2D eigenvalue weighted by atomic mass is 32.2. The minimum atomic E-state index is -1.06. The number of thiazole rings is 1. The Morgan fingerprint density at radius 1 is 1.30 bits per heavy atom. The number of aldehydes is 1. The molecule has 3 rings (SSSR count). The van der Waals surface area contributed by atoms with E-state index in [2.05, 4.69) is 4.98 Å². The minimum Gasteiger partial charge on any atom is -0.465 e. The summed E-state index contributed by atoms with van der Waals surface area (Å²) in [7, 11) is 1.45. The van der Waals surface area contributed by atoms with Crippen molar-refractivity contribution in [1.29, 1.82) is 0 Å². The van der Waals surface area contributed by atoms with Crippen molar-refractivity contribution in [2.75, 3.05) is 7.05 Å². The summed E-state index contributed by atoms with van der Waals surface area (Å²) in [6.45, 7) is 0.108. The molecule has 138 valence electrons. The van der Waals surface area contributed by atoms with Crippen LogP contribution >= 0.6 is 23.1 Å². The maximum Gasteiger partial charge on any atom is 0.407 e. The van der Waals surface area contributed by atoms with Crippen LogP contribution in [-0.2, 0) is 6.54 Å². The highest BCUT2D eigenvalue weighted by molar-refractivity contribution is 8.01.